The van der Waals surface area contributed by atoms with Gasteiger partial charge in [0.25, 0.3) is 0 Å². The first kappa shape index (κ1) is 57.5. The van der Waals surface area contributed by atoms with Crippen molar-refractivity contribution in [1.82, 2.24) is 0 Å². The SMILES string of the molecule is CC.CO/C=C(/C(=O)OC)c1cccc(C)c1CO/N=C(\C)c1ccc(OC(F)(F)F)cc1Cl.CO/C=C(/C=O)c1cccc(C)c1CO/N=C(\C)c1ccccc1OC(F)(F)F.COC. The molecule has 19 heteroatoms. The Morgan fingerprint density at radius 1 is 0.652 bits per heavy atom. The van der Waals surface area contributed by atoms with Gasteiger partial charge in [-0.2, -0.15) is 0 Å². The molecule has 0 atom stereocenters. The number of aldehydes is 1. The van der Waals surface area contributed by atoms with Crippen LogP contribution >= 0.6 is 11.6 Å². The second-order valence-electron chi connectivity index (χ2n) is 12.9. The summed E-state index contributed by atoms with van der Waals surface area (Å²) in [6.45, 7) is 10.8. The number of allylic oxidation sites excluding steroid dienone is 1. The van der Waals surface area contributed by atoms with Crippen LogP contribution in [0.4, 0.5) is 26.3 Å². The van der Waals surface area contributed by atoms with E-state index in [4.69, 9.17) is 35.5 Å². The number of carbonyl (C=O) groups excluding carboxylic acids is 2. The highest BCUT2D eigenvalue weighted by Gasteiger charge is 2.33. The minimum atomic E-state index is -4.82. The van der Waals surface area contributed by atoms with Crippen LogP contribution in [-0.4, -0.2) is 72.0 Å². The number of methoxy groups -OCH3 is 4. The van der Waals surface area contributed by atoms with Crippen LogP contribution in [0.1, 0.15) is 72.2 Å². The normalized spacial score (nSPS) is 11.8. The lowest BCUT2D eigenvalue weighted by molar-refractivity contribution is -0.275. The molecule has 360 valence electrons. The summed E-state index contributed by atoms with van der Waals surface area (Å²) in [4.78, 5) is 34.4. The molecule has 66 heavy (non-hydrogen) atoms. The first-order chi connectivity index (χ1) is 31.2. The van der Waals surface area contributed by atoms with Crippen LogP contribution in [0.2, 0.25) is 5.02 Å². The summed E-state index contributed by atoms with van der Waals surface area (Å²) in [7, 11) is 7.36. The predicted octanol–water partition coefficient (Wildman–Crippen LogP) is 12.0. The highest BCUT2D eigenvalue weighted by Crippen LogP contribution is 2.30. The predicted molar refractivity (Wildman–Crippen MR) is 240 cm³/mol. The summed E-state index contributed by atoms with van der Waals surface area (Å²) < 4.78 is 102. The smallest absolute Gasteiger partial charge is 0.504 e. The van der Waals surface area contributed by atoms with Gasteiger partial charge in [0.2, 0.25) is 0 Å². The van der Waals surface area contributed by atoms with E-state index >= 15 is 0 Å². The molecule has 0 heterocycles. The Morgan fingerprint density at radius 2 is 1.14 bits per heavy atom. The number of alkyl halides is 6. The molecule has 0 radical (unpaired) electrons. The largest absolute Gasteiger partial charge is 0.573 e. The number of ether oxygens (including phenoxy) is 6. The number of oxime groups is 2. The highest BCUT2D eigenvalue weighted by molar-refractivity contribution is 6.34. The Bertz CT molecular complexity index is 2290. The van der Waals surface area contributed by atoms with Crippen molar-refractivity contribution in [3.63, 3.8) is 0 Å². The van der Waals surface area contributed by atoms with Gasteiger partial charge in [-0.05, 0) is 80.3 Å². The van der Waals surface area contributed by atoms with Crippen molar-refractivity contribution in [2.45, 2.75) is 67.5 Å². The Morgan fingerprint density at radius 3 is 1.62 bits per heavy atom. The molecule has 0 bridgehead atoms. The van der Waals surface area contributed by atoms with E-state index in [0.717, 1.165) is 23.3 Å². The van der Waals surface area contributed by atoms with E-state index in [9.17, 15) is 35.9 Å². The minimum Gasteiger partial charge on any atom is -0.504 e. The highest BCUT2D eigenvalue weighted by atomic mass is 35.5. The Kier molecular flexibility index (Phi) is 25.3. The van der Waals surface area contributed by atoms with Gasteiger partial charge in [-0.15, -0.1) is 26.3 Å². The lowest BCUT2D eigenvalue weighted by Gasteiger charge is -2.14. The lowest BCUT2D eigenvalue weighted by Crippen LogP contribution is -2.18. The summed E-state index contributed by atoms with van der Waals surface area (Å²) in [6, 6.07) is 19.9. The molecule has 4 aromatic rings. The third kappa shape index (κ3) is 19.3. The van der Waals surface area contributed by atoms with Gasteiger partial charge in [0.05, 0.1) is 55.9 Å². The second kappa shape index (κ2) is 29.1. The summed E-state index contributed by atoms with van der Waals surface area (Å²) in [5.41, 5.74) is 5.88. The number of carbonyl (C=O) groups is 2. The van der Waals surface area contributed by atoms with E-state index in [2.05, 4.69) is 24.5 Å². The summed E-state index contributed by atoms with van der Waals surface area (Å²) >= 11 is 6.07. The molecule has 4 rings (SSSR count). The Labute approximate surface area is 385 Å². The number of rotatable bonds is 16. The molecule has 0 aliphatic rings. The molecule has 0 N–H and O–H groups in total. The third-order valence-electron chi connectivity index (χ3n) is 8.32. The maximum atomic E-state index is 12.6. The standard InChI is InChI=1S/C22H21ClF3NO5.C21H20F3NO4.C2H6O.C2H6/c1-13-6-5-7-17(19(11-29-3)21(28)30-4)18(13)12-31-27-14(2)16-9-8-15(10-20(16)23)32-22(24,25)26;1-14-7-6-9-18(16(11-26)12-27-3)19(14)13-28-25-15(2)17-8-4-5-10-20(17)29-21(22,23)24;1-3-2;1-2/h5-11H,12H2,1-4H3;4-12H,13H2,1-3H3;1-2H3;1-2H3/b19-11+,27-14+;16-12-,25-15+;;. The number of benzene rings is 4. The number of para-hydroxylation sites is 1. The molecular formula is C47H53ClF6N2O10. The fourth-order valence-electron chi connectivity index (χ4n) is 5.49. The van der Waals surface area contributed by atoms with Crippen molar-refractivity contribution >= 4 is 46.4 Å². The maximum absolute atomic E-state index is 12.6. The van der Waals surface area contributed by atoms with E-state index in [-0.39, 0.29) is 40.8 Å². The molecule has 0 saturated heterocycles. The Hall–Kier alpha value is -6.53. The first-order valence-corrected chi connectivity index (χ1v) is 19.9. The average molecular weight is 955 g/mol. The van der Waals surface area contributed by atoms with Crippen LogP contribution < -0.4 is 9.47 Å². The number of halogens is 7. The number of nitrogens with zero attached hydrogens (tertiary/aromatic N) is 2. The van der Waals surface area contributed by atoms with Gasteiger partial charge in [0.1, 0.15) is 30.3 Å². The van der Waals surface area contributed by atoms with Crippen molar-refractivity contribution in [3.05, 3.63) is 141 Å². The van der Waals surface area contributed by atoms with Gasteiger partial charge >= 0.3 is 18.7 Å². The number of hydrogen-bond donors (Lipinski definition) is 0. The van der Waals surface area contributed by atoms with Crippen LogP contribution in [0.5, 0.6) is 11.5 Å². The molecule has 0 amide bonds. The van der Waals surface area contributed by atoms with Crippen molar-refractivity contribution in [3.8, 4) is 11.5 Å². The monoisotopic (exact) mass is 954 g/mol. The molecule has 12 nitrogen and oxygen atoms in total. The van der Waals surface area contributed by atoms with E-state index in [0.29, 0.717) is 45.4 Å². The number of hydrogen-bond acceptors (Lipinski definition) is 12. The van der Waals surface area contributed by atoms with Gasteiger partial charge in [-0.25, -0.2) is 4.79 Å². The van der Waals surface area contributed by atoms with Gasteiger partial charge < -0.3 is 38.1 Å². The van der Waals surface area contributed by atoms with Crippen LogP contribution in [0, 0.1) is 13.8 Å². The van der Waals surface area contributed by atoms with Gasteiger partial charge in [-0.1, -0.05) is 84.3 Å². The average Bonchev–Trinajstić information content (AvgIpc) is 3.26. The molecule has 0 saturated carbocycles. The Balaban J connectivity index is 0.000000603. The number of aryl methyl sites for hydroxylation is 2. The number of esters is 1. The molecule has 0 spiro atoms. The fourth-order valence-corrected chi connectivity index (χ4v) is 5.80. The van der Waals surface area contributed by atoms with Crippen molar-refractivity contribution in [2.75, 3.05) is 35.5 Å². The zero-order valence-corrected chi connectivity index (χ0v) is 39.0. The molecule has 4 aromatic carbocycles. The van der Waals surface area contributed by atoms with Crippen LogP contribution in [-0.2, 0) is 51.4 Å². The molecule has 0 fully saturated rings. The summed E-state index contributed by atoms with van der Waals surface area (Å²) in [6.07, 6.45) is -6.36. The van der Waals surface area contributed by atoms with Gasteiger partial charge in [0, 0.05) is 36.5 Å². The second-order valence-corrected chi connectivity index (χ2v) is 13.3. The van der Waals surface area contributed by atoms with E-state index < -0.39 is 24.4 Å². The topological polar surface area (TPSA) is 133 Å². The van der Waals surface area contributed by atoms with Crippen LogP contribution in [0.25, 0.3) is 11.1 Å². The zero-order valence-electron chi connectivity index (χ0n) is 38.3. The van der Waals surface area contributed by atoms with E-state index in [1.165, 1.54) is 65.0 Å². The van der Waals surface area contributed by atoms with Crippen LogP contribution in [0.3, 0.4) is 0 Å². The molecule has 0 unspecified atom stereocenters. The third-order valence-corrected chi connectivity index (χ3v) is 8.63. The first-order valence-electron chi connectivity index (χ1n) is 19.6. The molecule has 0 aliphatic carbocycles. The summed E-state index contributed by atoms with van der Waals surface area (Å²) in [5.74, 6) is -1.39. The van der Waals surface area contributed by atoms with E-state index in [1.807, 2.05) is 39.8 Å². The van der Waals surface area contributed by atoms with Crippen molar-refractivity contribution < 1.29 is 74.0 Å². The van der Waals surface area contributed by atoms with Gasteiger partial charge in [0.15, 0.2) is 6.29 Å². The zero-order chi connectivity index (χ0) is 50.0. The van der Waals surface area contributed by atoms with Gasteiger partial charge in [-0.3, -0.25) is 4.79 Å². The fraction of sp³-hybridized carbons (Fsp3) is 0.319. The maximum Gasteiger partial charge on any atom is 0.573 e. The van der Waals surface area contributed by atoms with Crippen molar-refractivity contribution in [2.24, 2.45) is 10.3 Å². The molecule has 0 aromatic heterocycles. The molecule has 0 aliphatic heterocycles. The quantitative estimate of drug-likeness (QED) is 0.0203. The minimum absolute atomic E-state index is 0.00425. The summed E-state index contributed by atoms with van der Waals surface area (Å²) in [5, 5.41) is 7.95. The molecular weight excluding hydrogens is 902 g/mol. The van der Waals surface area contributed by atoms with Crippen LogP contribution in [0.15, 0.2) is 102 Å². The van der Waals surface area contributed by atoms with Crippen molar-refractivity contribution in [1.29, 1.82) is 0 Å². The lowest BCUT2D eigenvalue weighted by atomic mass is 9.97. The van der Waals surface area contributed by atoms with E-state index in [1.54, 1.807) is 51.5 Å².